The van der Waals surface area contributed by atoms with Gasteiger partial charge in [0.05, 0.1) is 6.54 Å². The minimum atomic E-state index is 0.0247. The van der Waals surface area contributed by atoms with Crippen LogP contribution in [-0.2, 0) is 4.79 Å². The van der Waals surface area contributed by atoms with Crippen LogP contribution in [0.1, 0.15) is 16.7 Å². The molecule has 112 valence electrons. The summed E-state index contributed by atoms with van der Waals surface area (Å²) in [5.74, 6) is 0.0247. The third-order valence-electron chi connectivity index (χ3n) is 3.93. The van der Waals surface area contributed by atoms with Crippen LogP contribution < -0.4 is 10.2 Å². The van der Waals surface area contributed by atoms with Crippen LogP contribution in [0.15, 0.2) is 54.2 Å². The van der Waals surface area contributed by atoms with Crippen LogP contribution >= 0.6 is 0 Å². The lowest BCUT2D eigenvalue weighted by atomic mass is 10.1. The average molecular weight is 292 g/mol. The maximum Gasteiger partial charge on any atom is 0.253 e. The fourth-order valence-corrected chi connectivity index (χ4v) is 2.58. The van der Waals surface area contributed by atoms with Crippen LogP contribution in [0.2, 0.25) is 0 Å². The Balaban J connectivity index is 1.77. The number of aryl methyl sites for hydroxylation is 3. The van der Waals surface area contributed by atoms with Crippen molar-refractivity contribution >= 4 is 17.3 Å². The Bertz CT molecular complexity index is 745. The maximum absolute atomic E-state index is 12.2. The normalized spacial score (nSPS) is 14.2. The lowest BCUT2D eigenvalue weighted by Gasteiger charge is -2.18. The first-order valence-electron chi connectivity index (χ1n) is 7.46. The molecule has 0 bridgehead atoms. The summed E-state index contributed by atoms with van der Waals surface area (Å²) in [6.45, 7) is 6.75. The Morgan fingerprint density at radius 1 is 0.955 bits per heavy atom. The zero-order valence-corrected chi connectivity index (χ0v) is 13.2. The van der Waals surface area contributed by atoms with E-state index in [1.807, 2.05) is 31.2 Å². The summed E-state index contributed by atoms with van der Waals surface area (Å²) in [7, 11) is 0. The molecule has 2 aromatic rings. The van der Waals surface area contributed by atoms with E-state index in [0.29, 0.717) is 6.54 Å². The summed E-state index contributed by atoms with van der Waals surface area (Å²) >= 11 is 0. The summed E-state index contributed by atoms with van der Waals surface area (Å²) in [4.78, 5) is 14.0. The van der Waals surface area contributed by atoms with Crippen molar-refractivity contribution in [1.82, 2.24) is 0 Å². The number of nitrogens with one attached hydrogen (secondary N) is 1. The molecule has 0 unspecified atom stereocenters. The van der Waals surface area contributed by atoms with Gasteiger partial charge >= 0.3 is 0 Å². The number of carbonyl (C=O) groups excluding carboxylic acids is 1. The highest BCUT2D eigenvalue weighted by Crippen LogP contribution is 2.24. The fraction of sp³-hybridized carbons (Fsp3) is 0.211. The highest BCUT2D eigenvalue weighted by atomic mass is 16.2. The molecule has 1 heterocycles. The van der Waals surface area contributed by atoms with Gasteiger partial charge in [-0.25, -0.2) is 0 Å². The van der Waals surface area contributed by atoms with E-state index in [9.17, 15) is 4.79 Å². The van der Waals surface area contributed by atoms with Gasteiger partial charge in [-0.2, -0.15) is 0 Å². The van der Waals surface area contributed by atoms with E-state index in [1.165, 1.54) is 16.7 Å². The van der Waals surface area contributed by atoms with Gasteiger partial charge in [0.25, 0.3) is 5.91 Å². The van der Waals surface area contributed by atoms with Gasteiger partial charge < -0.3 is 10.2 Å². The molecule has 0 fully saturated rings. The number of carbonyl (C=O) groups is 1. The predicted octanol–water partition coefficient (Wildman–Crippen LogP) is 3.95. The van der Waals surface area contributed by atoms with Gasteiger partial charge in [-0.05, 0) is 50.1 Å². The molecule has 22 heavy (non-hydrogen) atoms. The van der Waals surface area contributed by atoms with Gasteiger partial charge in [-0.15, -0.1) is 0 Å². The number of hydrogen-bond acceptors (Lipinski definition) is 2. The van der Waals surface area contributed by atoms with E-state index in [4.69, 9.17) is 0 Å². The van der Waals surface area contributed by atoms with E-state index in [1.54, 1.807) is 11.0 Å². The summed E-state index contributed by atoms with van der Waals surface area (Å²) in [6, 6.07) is 14.3. The van der Waals surface area contributed by atoms with Crippen molar-refractivity contribution in [3.8, 4) is 0 Å². The van der Waals surface area contributed by atoms with Crippen molar-refractivity contribution in [3.63, 3.8) is 0 Å². The summed E-state index contributed by atoms with van der Waals surface area (Å²) in [5.41, 5.74) is 6.49. The Kier molecular flexibility index (Phi) is 3.72. The van der Waals surface area contributed by atoms with Crippen LogP contribution in [0.25, 0.3) is 0 Å². The van der Waals surface area contributed by atoms with Crippen LogP contribution in [0.4, 0.5) is 11.4 Å². The molecule has 3 heteroatoms. The van der Waals surface area contributed by atoms with Gasteiger partial charge in [0.15, 0.2) is 0 Å². The van der Waals surface area contributed by atoms with E-state index in [0.717, 1.165) is 17.1 Å². The van der Waals surface area contributed by atoms with Crippen molar-refractivity contribution in [2.75, 3.05) is 16.8 Å². The molecule has 3 rings (SSSR count). The number of rotatable bonds is 3. The molecule has 1 amide bonds. The Morgan fingerprint density at radius 3 is 2.36 bits per heavy atom. The first-order valence-corrected chi connectivity index (χ1v) is 7.46. The van der Waals surface area contributed by atoms with E-state index >= 15 is 0 Å². The first kappa shape index (κ1) is 14.4. The van der Waals surface area contributed by atoms with Crippen molar-refractivity contribution in [2.45, 2.75) is 20.8 Å². The molecule has 1 N–H and O–H groups in total. The summed E-state index contributed by atoms with van der Waals surface area (Å²) < 4.78 is 0. The zero-order valence-electron chi connectivity index (χ0n) is 13.2. The highest BCUT2D eigenvalue weighted by molar-refractivity contribution is 6.05. The van der Waals surface area contributed by atoms with Crippen molar-refractivity contribution in [1.29, 1.82) is 0 Å². The Morgan fingerprint density at radius 2 is 1.64 bits per heavy atom. The van der Waals surface area contributed by atoms with Gasteiger partial charge in [0.2, 0.25) is 0 Å². The highest BCUT2D eigenvalue weighted by Gasteiger charge is 2.23. The van der Waals surface area contributed by atoms with Gasteiger partial charge in [0.1, 0.15) is 0 Å². The molecule has 0 aromatic heterocycles. The molecule has 0 saturated heterocycles. The van der Waals surface area contributed by atoms with E-state index in [-0.39, 0.29) is 5.91 Å². The molecule has 1 aliphatic heterocycles. The van der Waals surface area contributed by atoms with Gasteiger partial charge in [0, 0.05) is 23.1 Å². The molecule has 0 saturated carbocycles. The maximum atomic E-state index is 12.2. The number of hydrogen-bond donors (Lipinski definition) is 1. The minimum absolute atomic E-state index is 0.0247. The van der Waals surface area contributed by atoms with E-state index in [2.05, 4.69) is 37.4 Å². The van der Waals surface area contributed by atoms with Gasteiger partial charge in [-0.3, -0.25) is 4.79 Å². The van der Waals surface area contributed by atoms with Crippen LogP contribution in [-0.4, -0.2) is 12.5 Å². The number of nitrogens with zero attached hydrogens (tertiary/aromatic N) is 1. The lowest BCUT2D eigenvalue weighted by molar-refractivity contribution is -0.113. The van der Waals surface area contributed by atoms with Crippen molar-refractivity contribution < 1.29 is 4.79 Å². The molecule has 0 aliphatic carbocycles. The SMILES string of the molecule is Cc1ccc(N2CC(Nc3cc(C)ccc3C)=CC2=O)cc1. The Hall–Kier alpha value is -2.55. The number of amides is 1. The zero-order chi connectivity index (χ0) is 15.7. The predicted molar refractivity (Wildman–Crippen MR) is 91.2 cm³/mol. The smallest absolute Gasteiger partial charge is 0.253 e. The molecule has 0 atom stereocenters. The fourth-order valence-electron chi connectivity index (χ4n) is 2.58. The monoisotopic (exact) mass is 292 g/mol. The second-order valence-electron chi connectivity index (χ2n) is 5.87. The number of benzene rings is 2. The van der Waals surface area contributed by atoms with Gasteiger partial charge in [-0.1, -0.05) is 29.8 Å². The van der Waals surface area contributed by atoms with Crippen LogP contribution in [0, 0.1) is 20.8 Å². The first-order chi connectivity index (χ1) is 10.5. The molecule has 0 radical (unpaired) electrons. The third-order valence-corrected chi connectivity index (χ3v) is 3.93. The average Bonchev–Trinajstić information content (AvgIpc) is 2.84. The minimum Gasteiger partial charge on any atom is -0.357 e. The lowest BCUT2D eigenvalue weighted by Crippen LogP contribution is -2.26. The standard InChI is InChI=1S/C19H20N2O/c1-13-5-8-17(9-6-13)21-12-16(11-19(21)22)20-18-10-14(2)4-7-15(18)3/h4-11,20H,12H2,1-3H3. The summed E-state index contributed by atoms with van der Waals surface area (Å²) in [6.07, 6.45) is 1.68. The largest absolute Gasteiger partial charge is 0.357 e. The third kappa shape index (κ3) is 2.89. The van der Waals surface area contributed by atoms with Crippen molar-refractivity contribution in [2.24, 2.45) is 0 Å². The second kappa shape index (κ2) is 5.68. The quantitative estimate of drug-likeness (QED) is 0.929. The molecule has 0 spiro atoms. The summed E-state index contributed by atoms with van der Waals surface area (Å²) in [5, 5.41) is 3.39. The van der Waals surface area contributed by atoms with Crippen LogP contribution in [0.5, 0.6) is 0 Å². The molecule has 2 aromatic carbocycles. The van der Waals surface area contributed by atoms with E-state index < -0.39 is 0 Å². The van der Waals surface area contributed by atoms with Crippen LogP contribution in [0.3, 0.4) is 0 Å². The van der Waals surface area contributed by atoms with Crippen molar-refractivity contribution in [3.05, 3.63) is 70.9 Å². The Labute approximate surface area is 131 Å². The second-order valence-corrected chi connectivity index (χ2v) is 5.87. The molecular formula is C19H20N2O. The topological polar surface area (TPSA) is 32.3 Å². The molecule has 3 nitrogen and oxygen atoms in total. The number of anilines is 2. The molecule has 1 aliphatic rings. The molecular weight excluding hydrogens is 272 g/mol.